The SMILES string of the molecule is CCc1nc(NC(=O)c2csc(I)c2)sc1C. The Balaban J connectivity index is 2.12. The van der Waals surface area contributed by atoms with Gasteiger partial charge in [-0.3, -0.25) is 10.1 Å². The summed E-state index contributed by atoms with van der Waals surface area (Å²) in [5.41, 5.74) is 1.76. The summed E-state index contributed by atoms with van der Waals surface area (Å²) in [5, 5.41) is 5.38. The Bertz CT molecular complexity index is 547. The lowest BCUT2D eigenvalue weighted by atomic mass is 10.3. The first-order valence-electron chi connectivity index (χ1n) is 5.12. The molecule has 2 heterocycles. The number of rotatable bonds is 3. The summed E-state index contributed by atoms with van der Waals surface area (Å²) in [5.74, 6) is -0.0828. The summed E-state index contributed by atoms with van der Waals surface area (Å²) in [4.78, 5) is 17.5. The number of nitrogens with zero attached hydrogens (tertiary/aromatic N) is 1. The first-order valence-corrected chi connectivity index (χ1v) is 7.89. The normalized spacial score (nSPS) is 10.5. The second kappa shape index (κ2) is 5.45. The first-order chi connectivity index (χ1) is 8.10. The number of halogens is 1. The molecule has 0 saturated heterocycles. The van der Waals surface area contributed by atoms with Crippen LogP contribution in [0, 0.1) is 9.81 Å². The third-order valence-electron chi connectivity index (χ3n) is 2.28. The summed E-state index contributed by atoms with van der Waals surface area (Å²) in [6.07, 6.45) is 0.897. The van der Waals surface area contributed by atoms with Crippen molar-refractivity contribution in [3.8, 4) is 0 Å². The number of aromatic nitrogens is 1. The summed E-state index contributed by atoms with van der Waals surface area (Å²) < 4.78 is 1.11. The topological polar surface area (TPSA) is 42.0 Å². The fourth-order valence-corrected chi connectivity index (χ4v) is 3.63. The number of carbonyl (C=O) groups excluding carboxylic acids is 1. The van der Waals surface area contributed by atoms with Crippen LogP contribution in [0.4, 0.5) is 5.13 Å². The van der Waals surface area contributed by atoms with E-state index in [0.29, 0.717) is 10.7 Å². The summed E-state index contributed by atoms with van der Waals surface area (Å²) in [6, 6.07) is 1.88. The number of anilines is 1. The zero-order valence-corrected chi connectivity index (χ0v) is 13.2. The van der Waals surface area contributed by atoms with E-state index < -0.39 is 0 Å². The van der Waals surface area contributed by atoms with Gasteiger partial charge in [-0.15, -0.1) is 22.7 Å². The third kappa shape index (κ3) is 3.05. The molecule has 2 aromatic rings. The van der Waals surface area contributed by atoms with Crippen molar-refractivity contribution in [3.05, 3.63) is 30.5 Å². The molecule has 1 amide bonds. The van der Waals surface area contributed by atoms with Crippen LogP contribution in [0.1, 0.15) is 27.9 Å². The smallest absolute Gasteiger partial charge is 0.258 e. The Hall–Kier alpha value is -0.470. The fraction of sp³-hybridized carbons (Fsp3) is 0.273. The number of hydrogen-bond donors (Lipinski definition) is 1. The second-order valence-electron chi connectivity index (χ2n) is 3.47. The van der Waals surface area contributed by atoms with Crippen molar-refractivity contribution in [2.75, 3.05) is 5.32 Å². The molecule has 0 radical (unpaired) electrons. The molecule has 0 aliphatic heterocycles. The van der Waals surface area contributed by atoms with Gasteiger partial charge in [0.05, 0.1) is 14.1 Å². The summed E-state index contributed by atoms with van der Waals surface area (Å²) in [7, 11) is 0. The Labute approximate surface area is 121 Å². The van der Waals surface area contributed by atoms with E-state index in [1.807, 2.05) is 18.4 Å². The van der Waals surface area contributed by atoms with Crippen LogP contribution in [-0.4, -0.2) is 10.9 Å². The minimum Gasteiger partial charge on any atom is -0.298 e. The van der Waals surface area contributed by atoms with Crippen LogP contribution in [-0.2, 0) is 6.42 Å². The van der Waals surface area contributed by atoms with Crippen LogP contribution in [0.15, 0.2) is 11.4 Å². The maximum Gasteiger partial charge on any atom is 0.258 e. The van der Waals surface area contributed by atoms with Gasteiger partial charge < -0.3 is 0 Å². The molecule has 6 heteroatoms. The highest BCUT2D eigenvalue weighted by Crippen LogP contribution is 2.24. The van der Waals surface area contributed by atoms with Crippen LogP contribution in [0.25, 0.3) is 0 Å². The van der Waals surface area contributed by atoms with Crippen molar-refractivity contribution < 1.29 is 4.79 Å². The molecule has 17 heavy (non-hydrogen) atoms. The quantitative estimate of drug-likeness (QED) is 0.823. The number of thiazole rings is 1. The molecule has 90 valence electrons. The van der Waals surface area contributed by atoms with E-state index >= 15 is 0 Å². The van der Waals surface area contributed by atoms with Crippen molar-refractivity contribution >= 4 is 56.3 Å². The molecule has 0 fully saturated rings. The van der Waals surface area contributed by atoms with Gasteiger partial charge in [-0.2, -0.15) is 0 Å². The summed E-state index contributed by atoms with van der Waals surface area (Å²) >= 11 is 5.30. The van der Waals surface area contributed by atoms with Gasteiger partial charge in [-0.1, -0.05) is 6.92 Å². The molecule has 2 aromatic heterocycles. The van der Waals surface area contributed by atoms with Crippen LogP contribution < -0.4 is 5.32 Å². The van der Waals surface area contributed by atoms with E-state index in [0.717, 1.165) is 15.0 Å². The lowest BCUT2D eigenvalue weighted by Gasteiger charge is -1.97. The Morgan fingerprint density at radius 1 is 1.59 bits per heavy atom. The molecule has 0 aromatic carbocycles. The van der Waals surface area contributed by atoms with Gasteiger partial charge >= 0.3 is 0 Å². The summed E-state index contributed by atoms with van der Waals surface area (Å²) in [6.45, 7) is 4.09. The highest BCUT2D eigenvalue weighted by Gasteiger charge is 2.12. The lowest BCUT2D eigenvalue weighted by molar-refractivity contribution is 0.102. The number of thiophene rings is 1. The molecule has 0 unspecified atom stereocenters. The van der Waals surface area contributed by atoms with Crippen molar-refractivity contribution in [1.29, 1.82) is 0 Å². The lowest BCUT2D eigenvalue weighted by Crippen LogP contribution is -2.10. The number of amides is 1. The van der Waals surface area contributed by atoms with Gasteiger partial charge in [-0.25, -0.2) is 4.98 Å². The van der Waals surface area contributed by atoms with Crippen molar-refractivity contribution in [3.63, 3.8) is 0 Å². The predicted octanol–water partition coefficient (Wildman–Crippen LogP) is 3.93. The van der Waals surface area contributed by atoms with Crippen molar-refractivity contribution in [2.45, 2.75) is 20.3 Å². The molecule has 0 spiro atoms. The minimum atomic E-state index is -0.0828. The molecule has 0 aliphatic carbocycles. The zero-order chi connectivity index (χ0) is 12.4. The zero-order valence-electron chi connectivity index (χ0n) is 9.41. The highest BCUT2D eigenvalue weighted by atomic mass is 127. The maximum atomic E-state index is 11.9. The van der Waals surface area contributed by atoms with Crippen molar-refractivity contribution in [1.82, 2.24) is 4.98 Å². The molecule has 0 bridgehead atoms. The van der Waals surface area contributed by atoms with E-state index in [4.69, 9.17) is 0 Å². The van der Waals surface area contributed by atoms with Crippen LogP contribution in [0.2, 0.25) is 0 Å². The van der Waals surface area contributed by atoms with E-state index in [-0.39, 0.29) is 5.91 Å². The van der Waals surface area contributed by atoms with Gasteiger partial charge in [-0.05, 0) is 42.0 Å². The second-order valence-corrected chi connectivity index (χ2v) is 7.48. The monoisotopic (exact) mass is 378 g/mol. The molecule has 1 N–H and O–H groups in total. The van der Waals surface area contributed by atoms with Gasteiger partial charge in [0.15, 0.2) is 5.13 Å². The van der Waals surface area contributed by atoms with Gasteiger partial charge in [0, 0.05) is 10.3 Å². The number of hydrogen-bond acceptors (Lipinski definition) is 4. The van der Waals surface area contributed by atoms with E-state index in [2.05, 4.69) is 39.8 Å². The first kappa shape index (κ1) is 13.0. The standard InChI is InChI=1S/C11H11IN2OS2/c1-3-8-6(2)17-11(13-8)14-10(15)7-4-9(12)16-5-7/h4-5H,3H2,1-2H3,(H,13,14,15). The molecule has 2 rings (SSSR count). The van der Waals surface area contributed by atoms with E-state index in [1.165, 1.54) is 16.2 Å². The van der Waals surface area contributed by atoms with Crippen LogP contribution in [0.3, 0.4) is 0 Å². The fourth-order valence-electron chi connectivity index (χ4n) is 1.41. The highest BCUT2D eigenvalue weighted by molar-refractivity contribution is 14.1. The van der Waals surface area contributed by atoms with Crippen LogP contribution >= 0.6 is 45.3 Å². The largest absolute Gasteiger partial charge is 0.298 e. The maximum absolute atomic E-state index is 11.9. The van der Waals surface area contributed by atoms with Gasteiger partial charge in [0.25, 0.3) is 5.91 Å². The third-order valence-corrected chi connectivity index (χ3v) is 5.00. The average Bonchev–Trinajstić information content (AvgIpc) is 2.85. The van der Waals surface area contributed by atoms with Crippen LogP contribution in [0.5, 0.6) is 0 Å². The average molecular weight is 378 g/mol. The Morgan fingerprint density at radius 3 is 2.88 bits per heavy atom. The molecule has 0 atom stereocenters. The predicted molar refractivity (Wildman–Crippen MR) is 81.2 cm³/mol. The van der Waals surface area contributed by atoms with Gasteiger partial charge in [0.1, 0.15) is 0 Å². The molecular weight excluding hydrogens is 367 g/mol. The number of aryl methyl sites for hydroxylation is 2. The minimum absolute atomic E-state index is 0.0828. The van der Waals surface area contributed by atoms with E-state index in [9.17, 15) is 4.79 Å². The Kier molecular flexibility index (Phi) is 4.16. The van der Waals surface area contributed by atoms with Crippen molar-refractivity contribution in [2.24, 2.45) is 0 Å². The molecule has 0 aliphatic rings. The number of nitrogens with one attached hydrogen (secondary N) is 1. The number of carbonyl (C=O) groups is 1. The molecular formula is C11H11IN2OS2. The van der Waals surface area contributed by atoms with Gasteiger partial charge in [0.2, 0.25) is 0 Å². The molecule has 0 saturated carbocycles. The molecule has 3 nitrogen and oxygen atoms in total. The van der Waals surface area contributed by atoms with E-state index in [1.54, 1.807) is 11.3 Å². The Morgan fingerprint density at radius 2 is 2.35 bits per heavy atom.